The molecule has 0 aliphatic carbocycles. The maximum atomic E-state index is 5.69. The number of ether oxygens (including phenoxy) is 2. The van der Waals surface area contributed by atoms with Gasteiger partial charge >= 0.3 is 0 Å². The minimum absolute atomic E-state index is 0.431. The average molecular weight is 261 g/mol. The molecular weight excluding hydrogens is 242 g/mol. The van der Waals surface area contributed by atoms with Crippen molar-refractivity contribution in [3.8, 4) is 11.5 Å². The zero-order chi connectivity index (χ0) is 13.5. The first kappa shape index (κ1) is 13.5. The summed E-state index contributed by atoms with van der Waals surface area (Å²) >= 11 is 0. The molecule has 0 saturated heterocycles. The predicted molar refractivity (Wildman–Crippen MR) is 73.4 cm³/mol. The summed E-state index contributed by atoms with van der Waals surface area (Å²) in [5, 5.41) is 3.27. The lowest BCUT2D eigenvalue weighted by molar-refractivity contribution is 0.267. The minimum Gasteiger partial charge on any atom is -0.497 e. The van der Waals surface area contributed by atoms with Crippen LogP contribution in [0, 0.1) is 0 Å². The van der Waals surface area contributed by atoms with E-state index in [1.54, 1.807) is 13.4 Å². The third kappa shape index (κ3) is 3.76. The first-order chi connectivity index (χ1) is 9.33. The van der Waals surface area contributed by atoms with Gasteiger partial charge in [-0.25, -0.2) is 0 Å². The third-order valence-corrected chi connectivity index (χ3v) is 2.83. The number of hydrogen-bond acceptors (Lipinski definition) is 4. The number of nitrogens with one attached hydrogen (secondary N) is 1. The lowest BCUT2D eigenvalue weighted by Gasteiger charge is -2.07. The monoisotopic (exact) mass is 261 g/mol. The quantitative estimate of drug-likeness (QED) is 0.832. The molecule has 4 nitrogen and oxygen atoms in total. The normalized spacial score (nSPS) is 10.4. The Morgan fingerprint density at radius 2 is 1.84 bits per heavy atom. The topological polar surface area (TPSA) is 43.6 Å². The summed E-state index contributed by atoms with van der Waals surface area (Å²) in [6, 6.07) is 9.47. The van der Waals surface area contributed by atoms with Crippen LogP contribution in [-0.4, -0.2) is 13.7 Å². The largest absolute Gasteiger partial charge is 0.497 e. The van der Waals surface area contributed by atoms with E-state index in [4.69, 9.17) is 13.9 Å². The van der Waals surface area contributed by atoms with Crippen molar-refractivity contribution in [1.29, 1.82) is 0 Å². The molecule has 2 rings (SSSR count). The van der Waals surface area contributed by atoms with Crippen LogP contribution in [0.25, 0.3) is 0 Å². The first-order valence-corrected chi connectivity index (χ1v) is 6.36. The molecule has 0 fully saturated rings. The molecule has 1 aromatic carbocycles. The van der Waals surface area contributed by atoms with Crippen LogP contribution in [0.2, 0.25) is 0 Å². The van der Waals surface area contributed by atoms with Crippen LogP contribution in [0.4, 0.5) is 0 Å². The second kappa shape index (κ2) is 6.85. The molecule has 19 heavy (non-hydrogen) atoms. The van der Waals surface area contributed by atoms with Crippen molar-refractivity contribution in [1.82, 2.24) is 5.32 Å². The Morgan fingerprint density at radius 1 is 1.11 bits per heavy atom. The Balaban J connectivity index is 1.92. The van der Waals surface area contributed by atoms with E-state index in [2.05, 4.69) is 12.2 Å². The summed E-state index contributed by atoms with van der Waals surface area (Å²) in [5.41, 5.74) is 1.13. The van der Waals surface area contributed by atoms with Gasteiger partial charge in [0, 0.05) is 12.1 Å². The maximum Gasteiger partial charge on any atom is 0.146 e. The highest BCUT2D eigenvalue weighted by Gasteiger charge is 2.06. The fraction of sp³-hybridized carbons (Fsp3) is 0.333. The smallest absolute Gasteiger partial charge is 0.146 e. The molecule has 4 heteroatoms. The molecule has 0 bridgehead atoms. The molecule has 1 heterocycles. The molecule has 102 valence electrons. The van der Waals surface area contributed by atoms with Gasteiger partial charge in [-0.15, -0.1) is 0 Å². The summed E-state index contributed by atoms with van der Waals surface area (Å²) < 4.78 is 16.2. The van der Waals surface area contributed by atoms with Crippen molar-refractivity contribution in [2.24, 2.45) is 0 Å². The van der Waals surface area contributed by atoms with Crippen LogP contribution in [0.1, 0.15) is 18.2 Å². The fourth-order valence-electron chi connectivity index (χ4n) is 1.73. The molecule has 0 unspecified atom stereocenters. The summed E-state index contributed by atoms with van der Waals surface area (Å²) in [4.78, 5) is 0. The third-order valence-electron chi connectivity index (χ3n) is 2.83. The fourth-order valence-corrected chi connectivity index (χ4v) is 1.73. The van der Waals surface area contributed by atoms with Crippen molar-refractivity contribution in [3.63, 3.8) is 0 Å². The van der Waals surface area contributed by atoms with Gasteiger partial charge in [0.25, 0.3) is 0 Å². The molecule has 0 aliphatic heterocycles. The summed E-state index contributed by atoms with van der Waals surface area (Å²) in [6.45, 7) is 4.24. The maximum absolute atomic E-state index is 5.69. The molecule has 1 aromatic heterocycles. The first-order valence-electron chi connectivity index (χ1n) is 6.36. The van der Waals surface area contributed by atoms with Crippen LogP contribution >= 0.6 is 0 Å². The molecule has 0 amide bonds. The van der Waals surface area contributed by atoms with E-state index in [1.807, 2.05) is 30.3 Å². The van der Waals surface area contributed by atoms with Crippen LogP contribution in [-0.2, 0) is 13.2 Å². The van der Waals surface area contributed by atoms with Crippen molar-refractivity contribution in [3.05, 3.63) is 47.9 Å². The van der Waals surface area contributed by atoms with Gasteiger partial charge in [0.1, 0.15) is 23.9 Å². The number of furan rings is 1. The zero-order valence-electron chi connectivity index (χ0n) is 11.3. The van der Waals surface area contributed by atoms with E-state index in [1.165, 1.54) is 0 Å². The highest BCUT2D eigenvalue weighted by Crippen LogP contribution is 2.19. The molecule has 0 aliphatic rings. The van der Waals surface area contributed by atoms with Gasteiger partial charge in [-0.1, -0.05) is 6.92 Å². The second-order valence-corrected chi connectivity index (χ2v) is 4.11. The summed E-state index contributed by atoms with van der Waals surface area (Å²) in [6.07, 6.45) is 1.69. The van der Waals surface area contributed by atoms with Crippen molar-refractivity contribution in [2.75, 3.05) is 13.7 Å². The molecule has 1 N–H and O–H groups in total. The van der Waals surface area contributed by atoms with E-state index in [0.29, 0.717) is 6.61 Å². The van der Waals surface area contributed by atoms with Crippen molar-refractivity contribution >= 4 is 0 Å². The Bertz CT molecular complexity index is 490. The van der Waals surface area contributed by atoms with Gasteiger partial charge in [0.05, 0.1) is 13.4 Å². The highest BCUT2D eigenvalue weighted by molar-refractivity contribution is 5.31. The SMILES string of the molecule is CCNCc1ccoc1COc1ccc(OC)cc1. The van der Waals surface area contributed by atoms with Gasteiger partial charge in [-0.05, 0) is 36.9 Å². The van der Waals surface area contributed by atoms with Crippen LogP contribution in [0.15, 0.2) is 41.0 Å². The zero-order valence-corrected chi connectivity index (χ0v) is 11.3. The standard InChI is InChI=1S/C15H19NO3/c1-3-16-10-12-8-9-18-15(12)11-19-14-6-4-13(17-2)5-7-14/h4-9,16H,3,10-11H2,1-2H3. The Morgan fingerprint density at radius 3 is 2.53 bits per heavy atom. The van der Waals surface area contributed by atoms with E-state index >= 15 is 0 Å². The Kier molecular flexibility index (Phi) is 4.86. The molecule has 0 radical (unpaired) electrons. The molecule has 0 atom stereocenters. The van der Waals surface area contributed by atoms with Crippen molar-refractivity contribution < 1.29 is 13.9 Å². The van der Waals surface area contributed by atoms with E-state index in [-0.39, 0.29) is 0 Å². The van der Waals surface area contributed by atoms with Gasteiger partial charge in [-0.3, -0.25) is 0 Å². The second-order valence-electron chi connectivity index (χ2n) is 4.11. The van der Waals surface area contributed by atoms with Crippen LogP contribution in [0.3, 0.4) is 0 Å². The lowest BCUT2D eigenvalue weighted by atomic mass is 10.2. The van der Waals surface area contributed by atoms with E-state index < -0.39 is 0 Å². The van der Waals surface area contributed by atoms with Gasteiger partial charge in [-0.2, -0.15) is 0 Å². The van der Waals surface area contributed by atoms with Gasteiger partial charge < -0.3 is 19.2 Å². The van der Waals surface area contributed by atoms with E-state index in [0.717, 1.165) is 35.9 Å². The molecule has 0 saturated carbocycles. The number of methoxy groups -OCH3 is 1. The predicted octanol–water partition coefficient (Wildman–Crippen LogP) is 2.98. The molecular formula is C15H19NO3. The lowest BCUT2D eigenvalue weighted by Crippen LogP contribution is -2.12. The number of hydrogen-bond donors (Lipinski definition) is 1. The summed E-state index contributed by atoms with van der Waals surface area (Å²) in [5.74, 6) is 2.47. The highest BCUT2D eigenvalue weighted by atomic mass is 16.5. The Labute approximate surface area is 113 Å². The summed E-state index contributed by atoms with van der Waals surface area (Å²) in [7, 11) is 1.64. The Hall–Kier alpha value is -1.94. The number of rotatable bonds is 7. The van der Waals surface area contributed by atoms with Crippen LogP contribution in [0.5, 0.6) is 11.5 Å². The van der Waals surface area contributed by atoms with Crippen molar-refractivity contribution in [2.45, 2.75) is 20.1 Å². The molecule has 0 spiro atoms. The van der Waals surface area contributed by atoms with E-state index in [9.17, 15) is 0 Å². The van der Waals surface area contributed by atoms with Gasteiger partial charge in [0.15, 0.2) is 0 Å². The minimum atomic E-state index is 0.431. The average Bonchev–Trinajstić information content (AvgIpc) is 2.91. The number of benzene rings is 1. The van der Waals surface area contributed by atoms with Gasteiger partial charge in [0.2, 0.25) is 0 Å². The molecule has 2 aromatic rings. The van der Waals surface area contributed by atoms with Crippen LogP contribution < -0.4 is 14.8 Å².